The van der Waals surface area contributed by atoms with Crippen LogP contribution in [0.2, 0.25) is 0 Å². The zero-order valence-electron chi connectivity index (χ0n) is 14.2. The molecule has 0 aliphatic carbocycles. The zero-order chi connectivity index (χ0) is 18.0. The number of carbonyl (C=O) groups excluding carboxylic acids is 1. The Balaban J connectivity index is 1.83. The van der Waals surface area contributed by atoms with E-state index in [-0.39, 0.29) is 0 Å². The molecule has 2 N–H and O–H groups in total. The van der Waals surface area contributed by atoms with Gasteiger partial charge in [-0.15, -0.1) is 0 Å². The van der Waals surface area contributed by atoms with Gasteiger partial charge in [-0.05, 0) is 12.1 Å². The number of primary amides is 1. The number of hydrogen-bond acceptors (Lipinski definition) is 6. The molecule has 0 radical (unpaired) electrons. The summed E-state index contributed by atoms with van der Waals surface area (Å²) in [5, 5.41) is 4.81. The zero-order valence-corrected chi connectivity index (χ0v) is 15.1. The van der Waals surface area contributed by atoms with E-state index in [1.807, 2.05) is 60.7 Å². The maximum atomic E-state index is 12.8. The Kier molecular flexibility index (Phi) is 4.67. The maximum absolute atomic E-state index is 12.8. The van der Waals surface area contributed by atoms with Crippen molar-refractivity contribution in [2.24, 2.45) is 10.8 Å². The third-order valence-corrected chi connectivity index (χ3v) is 5.93. The number of hydrazone groups is 1. The number of rotatable bonds is 4. The number of anilines is 1. The molecule has 1 saturated heterocycles. The van der Waals surface area contributed by atoms with Crippen molar-refractivity contribution in [1.82, 2.24) is 4.90 Å². The Bertz CT molecular complexity index is 809. The summed E-state index contributed by atoms with van der Waals surface area (Å²) in [4.78, 5) is 13.8. The lowest BCUT2D eigenvalue weighted by Gasteiger charge is -2.40. The number of hydrogen-bond donors (Lipinski definition) is 1. The highest BCUT2D eigenvalue weighted by Crippen LogP contribution is 2.44. The molecule has 1 atom stereocenters. The van der Waals surface area contributed by atoms with Gasteiger partial charge in [0.2, 0.25) is 4.87 Å². The van der Waals surface area contributed by atoms with E-state index in [1.165, 1.54) is 11.9 Å². The monoisotopic (exact) mass is 368 g/mol. The van der Waals surface area contributed by atoms with Gasteiger partial charge in [0, 0.05) is 30.6 Å². The number of para-hydroxylation sites is 1. The fourth-order valence-corrected chi connectivity index (χ4v) is 4.50. The van der Waals surface area contributed by atoms with Crippen LogP contribution in [0, 0.1) is 0 Å². The van der Waals surface area contributed by atoms with E-state index in [2.05, 4.69) is 4.90 Å². The third-order valence-electron chi connectivity index (χ3n) is 4.55. The first-order valence-corrected chi connectivity index (χ1v) is 9.30. The molecule has 1 amide bonds. The first-order valence-electron chi connectivity index (χ1n) is 8.53. The number of benzene rings is 2. The lowest BCUT2D eigenvalue weighted by atomic mass is 10.00. The van der Waals surface area contributed by atoms with Crippen LogP contribution >= 0.6 is 11.9 Å². The highest BCUT2D eigenvalue weighted by atomic mass is 32.2. The first-order chi connectivity index (χ1) is 12.7. The van der Waals surface area contributed by atoms with E-state index in [1.54, 1.807) is 4.41 Å². The standard InChI is InChI=1S/C19H20N4O2S/c20-18(24)19(22-11-13-25-14-12-22)17(15-7-3-1-4-8-15)21-23(26-19)16-9-5-2-6-10-16/h1-10H,11-14H2,(H2,20,24). The lowest BCUT2D eigenvalue weighted by molar-refractivity contribution is -0.123. The maximum Gasteiger partial charge on any atom is 0.256 e. The summed E-state index contributed by atoms with van der Waals surface area (Å²) in [7, 11) is 0. The second kappa shape index (κ2) is 7.11. The Hall–Kier alpha value is -2.35. The van der Waals surface area contributed by atoms with Crippen molar-refractivity contribution in [1.29, 1.82) is 0 Å². The fourth-order valence-electron chi connectivity index (χ4n) is 3.27. The average molecular weight is 368 g/mol. The Morgan fingerprint density at radius 1 is 1.04 bits per heavy atom. The molecule has 26 heavy (non-hydrogen) atoms. The van der Waals surface area contributed by atoms with Gasteiger partial charge in [-0.3, -0.25) is 9.69 Å². The van der Waals surface area contributed by atoms with Crippen LogP contribution in [0.5, 0.6) is 0 Å². The molecule has 0 spiro atoms. The van der Waals surface area contributed by atoms with Crippen LogP contribution in [0.25, 0.3) is 0 Å². The van der Waals surface area contributed by atoms with Gasteiger partial charge < -0.3 is 10.5 Å². The van der Waals surface area contributed by atoms with Crippen LogP contribution in [0.15, 0.2) is 65.8 Å². The first kappa shape index (κ1) is 17.1. The number of morpholine rings is 1. The van der Waals surface area contributed by atoms with E-state index in [4.69, 9.17) is 15.6 Å². The molecule has 2 aliphatic rings. The summed E-state index contributed by atoms with van der Waals surface area (Å²) >= 11 is 1.35. The van der Waals surface area contributed by atoms with Crippen molar-refractivity contribution >= 4 is 29.3 Å². The summed E-state index contributed by atoms with van der Waals surface area (Å²) in [6.45, 7) is 2.40. The molecule has 7 heteroatoms. The predicted octanol–water partition coefficient (Wildman–Crippen LogP) is 2.07. The Morgan fingerprint density at radius 3 is 2.27 bits per heavy atom. The molecule has 1 unspecified atom stereocenters. The second-order valence-corrected chi connectivity index (χ2v) is 7.24. The number of ether oxygens (including phenoxy) is 1. The van der Waals surface area contributed by atoms with Crippen LogP contribution in [0.4, 0.5) is 5.69 Å². The van der Waals surface area contributed by atoms with E-state index in [9.17, 15) is 4.79 Å². The van der Waals surface area contributed by atoms with Gasteiger partial charge in [-0.2, -0.15) is 5.10 Å². The van der Waals surface area contributed by atoms with E-state index in [0.717, 1.165) is 11.3 Å². The van der Waals surface area contributed by atoms with Gasteiger partial charge in [0.15, 0.2) is 0 Å². The predicted molar refractivity (Wildman–Crippen MR) is 104 cm³/mol. The second-order valence-electron chi connectivity index (χ2n) is 6.12. The van der Waals surface area contributed by atoms with Crippen LogP contribution in [-0.4, -0.2) is 47.7 Å². The molecule has 0 bridgehead atoms. The normalized spacial score (nSPS) is 23.7. The van der Waals surface area contributed by atoms with Crippen molar-refractivity contribution < 1.29 is 9.53 Å². The average Bonchev–Trinajstić information content (AvgIpc) is 3.12. The van der Waals surface area contributed by atoms with Gasteiger partial charge in [0.25, 0.3) is 5.91 Å². The van der Waals surface area contributed by atoms with Crippen molar-refractivity contribution in [3.63, 3.8) is 0 Å². The molecule has 134 valence electrons. The fraction of sp³-hybridized carbons (Fsp3) is 0.263. The van der Waals surface area contributed by atoms with E-state index < -0.39 is 10.8 Å². The quantitative estimate of drug-likeness (QED) is 0.837. The van der Waals surface area contributed by atoms with Gasteiger partial charge in [0.05, 0.1) is 18.9 Å². The molecule has 2 aliphatic heterocycles. The van der Waals surface area contributed by atoms with Gasteiger partial charge in [0.1, 0.15) is 5.71 Å². The molecule has 0 aromatic heterocycles. The highest BCUT2D eigenvalue weighted by Gasteiger charge is 2.55. The SMILES string of the molecule is NC(=O)C1(N2CCOCC2)SN(c2ccccc2)N=C1c1ccccc1. The minimum Gasteiger partial charge on any atom is -0.379 e. The molecule has 2 aromatic rings. The smallest absolute Gasteiger partial charge is 0.256 e. The molecule has 2 heterocycles. The van der Waals surface area contributed by atoms with E-state index >= 15 is 0 Å². The van der Waals surface area contributed by atoms with Crippen LogP contribution in [0.3, 0.4) is 0 Å². The lowest BCUT2D eigenvalue weighted by Crippen LogP contribution is -2.62. The molecular formula is C19H20N4O2S. The molecule has 2 aromatic carbocycles. The molecule has 0 saturated carbocycles. The molecule has 1 fully saturated rings. The van der Waals surface area contributed by atoms with Gasteiger partial charge in [-0.1, -0.05) is 48.5 Å². The minimum atomic E-state index is -1.05. The van der Waals surface area contributed by atoms with Crippen molar-refractivity contribution in [3.05, 3.63) is 66.2 Å². The van der Waals surface area contributed by atoms with Crippen LogP contribution < -0.4 is 10.1 Å². The largest absolute Gasteiger partial charge is 0.379 e. The van der Waals surface area contributed by atoms with Crippen molar-refractivity contribution in [3.8, 4) is 0 Å². The number of nitrogens with two attached hydrogens (primary N) is 1. The Labute approximate surface area is 156 Å². The summed E-state index contributed by atoms with van der Waals surface area (Å²) in [6.07, 6.45) is 0. The topological polar surface area (TPSA) is 71.2 Å². The molecule has 4 rings (SSSR count). The Morgan fingerprint density at radius 2 is 1.65 bits per heavy atom. The van der Waals surface area contributed by atoms with Crippen molar-refractivity contribution in [2.75, 3.05) is 30.7 Å². The minimum absolute atomic E-state index is 0.412. The molecule has 6 nitrogen and oxygen atoms in total. The summed E-state index contributed by atoms with van der Waals surface area (Å²) in [5.74, 6) is -0.412. The van der Waals surface area contributed by atoms with Gasteiger partial charge in [-0.25, -0.2) is 4.41 Å². The van der Waals surface area contributed by atoms with Crippen LogP contribution in [0.1, 0.15) is 5.56 Å². The summed E-state index contributed by atoms with van der Waals surface area (Å²) in [6, 6.07) is 19.6. The number of nitrogens with zero attached hydrogens (tertiary/aromatic N) is 3. The summed E-state index contributed by atoms with van der Waals surface area (Å²) in [5.41, 5.74) is 8.45. The number of amides is 1. The van der Waals surface area contributed by atoms with Crippen molar-refractivity contribution in [2.45, 2.75) is 4.87 Å². The van der Waals surface area contributed by atoms with Crippen LogP contribution in [-0.2, 0) is 9.53 Å². The molecular weight excluding hydrogens is 348 g/mol. The highest BCUT2D eigenvalue weighted by molar-refractivity contribution is 8.03. The summed E-state index contributed by atoms with van der Waals surface area (Å²) < 4.78 is 7.27. The number of carbonyl (C=O) groups is 1. The third kappa shape index (κ3) is 2.88. The van der Waals surface area contributed by atoms with E-state index in [0.29, 0.717) is 32.0 Å². The van der Waals surface area contributed by atoms with Gasteiger partial charge >= 0.3 is 0 Å².